The average molecular weight is 374 g/mol. The Labute approximate surface area is 161 Å². The molecule has 0 radical (unpaired) electrons. The van der Waals surface area contributed by atoms with Crippen molar-refractivity contribution in [2.45, 2.75) is 64.0 Å². The minimum absolute atomic E-state index is 0.0804. The number of piperidine rings is 1. The van der Waals surface area contributed by atoms with Gasteiger partial charge in [-0.3, -0.25) is 4.79 Å². The summed E-state index contributed by atoms with van der Waals surface area (Å²) in [5, 5.41) is 10.1. The van der Waals surface area contributed by atoms with Crippen LogP contribution in [0, 0.1) is 5.92 Å². The van der Waals surface area contributed by atoms with Gasteiger partial charge in [0.1, 0.15) is 17.3 Å². The molecule has 3 N–H and O–H groups in total. The highest BCUT2D eigenvalue weighted by Gasteiger charge is 2.43. The van der Waals surface area contributed by atoms with E-state index >= 15 is 0 Å². The summed E-state index contributed by atoms with van der Waals surface area (Å²) in [5.41, 5.74) is 1.38. The maximum atomic E-state index is 12.4. The first-order valence-electron chi connectivity index (χ1n) is 10.4. The quantitative estimate of drug-likeness (QED) is 0.744. The van der Waals surface area contributed by atoms with E-state index in [1.165, 1.54) is 0 Å². The number of amides is 1. The van der Waals surface area contributed by atoms with Crippen molar-refractivity contribution in [2.24, 2.45) is 5.92 Å². The fourth-order valence-corrected chi connectivity index (χ4v) is 4.55. The molecular formula is C20H31N5O2. The molecule has 2 saturated heterocycles. The predicted octanol–water partition coefficient (Wildman–Crippen LogP) is 1.67. The Morgan fingerprint density at radius 1 is 1.26 bits per heavy atom. The Morgan fingerprint density at radius 2 is 2.07 bits per heavy atom. The molecule has 0 aromatic carbocycles. The van der Waals surface area contributed by atoms with Crippen molar-refractivity contribution < 1.29 is 9.53 Å². The van der Waals surface area contributed by atoms with Gasteiger partial charge in [0, 0.05) is 25.1 Å². The number of ether oxygens (including phenoxy) is 1. The van der Waals surface area contributed by atoms with Gasteiger partial charge in [0.2, 0.25) is 0 Å². The lowest BCUT2D eigenvalue weighted by Gasteiger charge is -2.47. The number of rotatable bonds is 4. The zero-order valence-corrected chi connectivity index (χ0v) is 16.4. The first-order chi connectivity index (χ1) is 13.1. The topological polar surface area (TPSA) is 88.2 Å². The first-order valence-corrected chi connectivity index (χ1v) is 10.4. The Morgan fingerprint density at radius 3 is 2.85 bits per heavy atom. The number of nitrogens with one attached hydrogen (secondary N) is 3. The molecule has 2 fully saturated rings. The lowest BCUT2D eigenvalue weighted by atomic mass is 9.80. The van der Waals surface area contributed by atoms with E-state index in [1.54, 1.807) is 0 Å². The second-order valence-corrected chi connectivity index (χ2v) is 8.42. The summed E-state index contributed by atoms with van der Waals surface area (Å²) >= 11 is 0. The number of anilines is 1. The van der Waals surface area contributed by atoms with Crippen LogP contribution < -0.4 is 16.0 Å². The van der Waals surface area contributed by atoms with Crippen molar-refractivity contribution in [3.63, 3.8) is 0 Å². The number of hydrogen-bond donors (Lipinski definition) is 3. The Hall–Kier alpha value is -1.73. The average Bonchev–Trinajstić information content (AvgIpc) is 2.65. The number of fused-ring (bicyclic) bond motifs is 1. The van der Waals surface area contributed by atoms with Crippen molar-refractivity contribution in [3.05, 3.63) is 17.1 Å². The van der Waals surface area contributed by atoms with Crippen molar-refractivity contribution in [3.8, 4) is 0 Å². The van der Waals surface area contributed by atoms with Crippen LogP contribution in [0.1, 0.15) is 61.4 Å². The summed E-state index contributed by atoms with van der Waals surface area (Å²) in [6.45, 7) is 7.75. The Bertz CT molecular complexity index is 692. The number of nitrogens with zero attached hydrogens (tertiary/aromatic N) is 2. The van der Waals surface area contributed by atoms with E-state index in [9.17, 15) is 4.79 Å². The van der Waals surface area contributed by atoms with Crippen LogP contribution in [0.2, 0.25) is 0 Å². The maximum Gasteiger partial charge on any atom is 0.270 e. The first kappa shape index (κ1) is 18.6. The van der Waals surface area contributed by atoms with E-state index in [0.717, 1.165) is 75.4 Å². The second-order valence-electron chi connectivity index (χ2n) is 8.42. The zero-order valence-electron chi connectivity index (χ0n) is 16.4. The summed E-state index contributed by atoms with van der Waals surface area (Å²) < 4.78 is 6.33. The van der Waals surface area contributed by atoms with Gasteiger partial charge in [-0.05, 0) is 51.1 Å². The lowest BCUT2D eigenvalue weighted by Crippen LogP contribution is -2.57. The molecule has 3 aliphatic heterocycles. The normalized spacial score (nSPS) is 24.6. The third-order valence-electron chi connectivity index (χ3n) is 5.94. The van der Waals surface area contributed by atoms with Crippen LogP contribution in [0.25, 0.3) is 0 Å². The molecule has 148 valence electrons. The molecule has 1 atom stereocenters. The maximum absolute atomic E-state index is 12.4. The molecule has 0 bridgehead atoms. The minimum atomic E-state index is -0.129. The van der Waals surface area contributed by atoms with Crippen LogP contribution in [0.4, 0.5) is 5.82 Å². The van der Waals surface area contributed by atoms with Crippen LogP contribution in [0.3, 0.4) is 0 Å². The number of aromatic nitrogens is 2. The van der Waals surface area contributed by atoms with Gasteiger partial charge in [-0.25, -0.2) is 9.97 Å². The SMILES string of the molecule is CC(C)Cc1nc(NC2CCCOC23CCNCC3)c2c(n1)C(=O)NCC2. The van der Waals surface area contributed by atoms with E-state index in [4.69, 9.17) is 9.72 Å². The highest BCUT2D eigenvalue weighted by atomic mass is 16.5. The predicted molar refractivity (Wildman–Crippen MR) is 104 cm³/mol. The standard InChI is InChI=1S/C20H31N5O2/c1-13(2)12-16-24-17-14(5-8-22-19(17)26)18(25-16)23-15-4-3-11-27-20(15)6-9-21-10-7-20/h13,15,21H,3-12H2,1-2H3,(H,22,26)(H,23,24,25). The molecule has 7 heteroatoms. The minimum Gasteiger partial charge on any atom is -0.373 e. The van der Waals surface area contributed by atoms with Gasteiger partial charge in [-0.2, -0.15) is 0 Å². The lowest BCUT2D eigenvalue weighted by molar-refractivity contribution is -0.103. The van der Waals surface area contributed by atoms with Crippen molar-refractivity contribution in [1.29, 1.82) is 0 Å². The Balaban J connectivity index is 1.67. The van der Waals surface area contributed by atoms with Crippen molar-refractivity contribution in [1.82, 2.24) is 20.6 Å². The number of carbonyl (C=O) groups is 1. The molecule has 0 saturated carbocycles. The van der Waals surface area contributed by atoms with Gasteiger partial charge in [0.05, 0.1) is 11.6 Å². The summed E-state index contributed by atoms with van der Waals surface area (Å²) in [6, 6.07) is 0.226. The van der Waals surface area contributed by atoms with E-state index in [2.05, 4.69) is 34.8 Å². The van der Waals surface area contributed by atoms with Gasteiger partial charge in [-0.15, -0.1) is 0 Å². The fraction of sp³-hybridized carbons (Fsp3) is 0.750. The van der Waals surface area contributed by atoms with Gasteiger partial charge in [0.15, 0.2) is 0 Å². The van der Waals surface area contributed by atoms with Gasteiger partial charge < -0.3 is 20.7 Å². The number of carbonyl (C=O) groups excluding carboxylic acids is 1. The summed E-state index contributed by atoms with van der Waals surface area (Å²) in [4.78, 5) is 21.8. The number of hydrogen-bond acceptors (Lipinski definition) is 6. The van der Waals surface area contributed by atoms with Gasteiger partial charge in [0.25, 0.3) is 5.91 Å². The molecule has 3 aliphatic rings. The highest BCUT2D eigenvalue weighted by molar-refractivity contribution is 5.96. The monoisotopic (exact) mass is 373 g/mol. The van der Waals surface area contributed by atoms with Crippen LogP contribution in [-0.4, -0.2) is 53.8 Å². The molecule has 4 heterocycles. The molecule has 0 aliphatic carbocycles. The molecule has 1 aromatic heterocycles. The fourth-order valence-electron chi connectivity index (χ4n) is 4.55. The molecule has 1 unspecified atom stereocenters. The summed E-state index contributed by atoms with van der Waals surface area (Å²) in [6.07, 6.45) is 5.69. The smallest absolute Gasteiger partial charge is 0.270 e. The molecule has 1 aromatic rings. The molecular weight excluding hydrogens is 342 g/mol. The highest BCUT2D eigenvalue weighted by Crippen LogP contribution is 2.36. The van der Waals surface area contributed by atoms with Gasteiger partial charge >= 0.3 is 0 Å². The molecule has 1 amide bonds. The van der Waals surface area contributed by atoms with Crippen LogP contribution in [0.5, 0.6) is 0 Å². The third-order valence-corrected chi connectivity index (χ3v) is 5.94. The van der Waals surface area contributed by atoms with Crippen molar-refractivity contribution in [2.75, 3.05) is 31.6 Å². The molecule has 4 rings (SSSR count). The molecule has 27 heavy (non-hydrogen) atoms. The summed E-state index contributed by atoms with van der Waals surface area (Å²) in [5.74, 6) is 1.96. The van der Waals surface area contributed by atoms with Crippen LogP contribution in [0.15, 0.2) is 0 Å². The van der Waals surface area contributed by atoms with E-state index in [1.807, 2.05) is 0 Å². The van der Waals surface area contributed by atoms with E-state index < -0.39 is 0 Å². The van der Waals surface area contributed by atoms with E-state index in [-0.39, 0.29) is 17.6 Å². The van der Waals surface area contributed by atoms with E-state index in [0.29, 0.717) is 18.2 Å². The van der Waals surface area contributed by atoms with Gasteiger partial charge in [-0.1, -0.05) is 13.8 Å². The van der Waals surface area contributed by atoms with Crippen LogP contribution >= 0.6 is 0 Å². The molecule has 7 nitrogen and oxygen atoms in total. The largest absolute Gasteiger partial charge is 0.373 e. The Kier molecular flexibility index (Phi) is 5.32. The molecule has 1 spiro atoms. The second kappa shape index (κ2) is 7.72. The zero-order chi connectivity index (χ0) is 18.9. The third kappa shape index (κ3) is 3.80. The van der Waals surface area contributed by atoms with Crippen molar-refractivity contribution >= 4 is 11.7 Å². The summed E-state index contributed by atoms with van der Waals surface area (Å²) in [7, 11) is 0. The van der Waals surface area contributed by atoms with Crippen LogP contribution in [-0.2, 0) is 17.6 Å².